The van der Waals surface area contributed by atoms with Crippen molar-refractivity contribution >= 4 is 11.9 Å². The number of pyridine rings is 1. The molecule has 0 atom stereocenters. The van der Waals surface area contributed by atoms with Gasteiger partial charge in [0.2, 0.25) is 6.79 Å². The summed E-state index contributed by atoms with van der Waals surface area (Å²) in [5.41, 5.74) is 4.28. The number of benzene rings is 2. The second kappa shape index (κ2) is 10.7. The molecule has 8 nitrogen and oxygen atoms in total. The molecule has 2 aliphatic heterocycles. The molecular weight excluding hydrogens is 456 g/mol. The number of fused-ring (bicyclic) bond motifs is 1. The van der Waals surface area contributed by atoms with Crippen molar-refractivity contribution in [3.05, 3.63) is 88.7 Å². The Morgan fingerprint density at radius 3 is 2.47 bits per heavy atom. The first kappa shape index (κ1) is 23.7. The Bertz CT molecular complexity index is 1240. The van der Waals surface area contributed by atoms with Crippen LogP contribution in [0.3, 0.4) is 0 Å². The van der Waals surface area contributed by atoms with Crippen molar-refractivity contribution in [2.75, 3.05) is 19.9 Å². The minimum atomic E-state index is -0.154. The number of ether oxygens (including phenoxy) is 2. The number of carbonyl (C=O) groups is 2. The van der Waals surface area contributed by atoms with Crippen LogP contribution in [0.15, 0.2) is 60.7 Å². The van der Waals surface area contributed by atoms with Gasteiger partial charge in [-0.1, -0.05) is 36.4 Å². The molecule has 2 aliphatic rings. The molecule has 0 aliphatic carbocycles. The minimum Gasteiger partial charge on any atom is -0.454 e. The topological polar surface area (TPSA) is 92.8 Å². The predicted molar refractivity (Wildman–Crippen MR) is 135 cm³/mol. The predicted octanol–water partition coefficient (Wildman–Crippen LogP) is 4.14. The molecule has 36 heavy (non-hydrogen) atoms. The van der Waals surface area contributed by atoms with Crippen LogP contribution in [0.4, 0.5) is 4.79 Å². The van der Waals surface area contributed by atoms with E-state index in [-0.39, 0.29) is 24.6 Å². The quantitative estimate of drug-likeness (QED) is 0.546. The average Bonchev–Trinajstić information content (AvgIpc) is 3.39. The van der Waals surface area contributed by atoms with E-state index in [1.165, 1.54) is 0 Å². The van der Waals surface area contributed by atoms with Crippen molar-refractivity contribution in [1.29, 1.82) is 0 Å². The van der Waals surface area contributed by atoms with E-state index in [1.807, 2.05) is 72.5 Å². The van der Waals surface area contributed by atoms with Crippen LogP contribution >= 0.6 is 0 Å². The number of aryl methyl sites for hydroxylation is 1. The third-order valence-electron chi connectivity index (χ3n) is 6.65. The summed E-state index contributed by atoms with van der Waals surface area (Å²) in [5.74, 6) is 1.38. The maximum absolute atomic E-state index is 13.1. The lowest BCUT2D eigenvalue weighted by Gasteiger charge is -2.32. The van der Waals surface area contributed by atoms with E-state index in [4.69, 9.17) is 14.5 Å². The van der Waals surface area contributed by atoms with Crippen LogP contribution < -0.4 is 20.1 Å². The summed E-state index contributed by atoms with van der Waals surface area (Å²) >= 11 is 0. The highest BCUT2D eigenvalue weighted by Crippen LogP contribution is 2.33. The van der Waals surface area contributed by atoms with Crippen molar-refractivity contribution < 1.29 is 19.1 Å². The summed E-state index contributed by atoms with van der Waals surface area (Å²) in [6.45, 7) is 4.29. The molecule has 0 unspecified atom stereocenters. The van der Waals surface area contributed by atoms with Gasteiger partial charge in [0.25, 0.3) is 5.91 Å². The van der Waals surface area contributed by atoms with Crippen LogP contribution in [0, 0.1) is 6.92 Å². The first-order valence-electron chi connectivity index (χ1n) is 12.3. The SMILES string of the molecule is Cc1ccc(C(=O)NCc2ccc3c(c2)OCO3)c(C2CCN(C(=O)NCc3ccccc3)CC2)n1. The van der Waals surface area contributed by atoms with E-state index in [0.29, 0.717) is 37.5 Å². The number of urea groups is 1. The van der Waals surface area contributed by atoms with Crippen LogP contribution in [-0.2, 0) is 13.1 Å². The van der Waals surface area contributed by atoms with Crippen LogP contribution in [0.1, 0.15) is 51.6 Å². The third-order valence-corrected chi connectivity index (χ3v) is 6.65. The summed E-state index contributed by atoms with van der Waals surface area (Å²) in [6.07, 6.45) is 1.52. The van der Waals surface area contributed by atoms with Gasteiger partial charge in [-0.25, -0.2) is 4.79 Å². The number of nitrogens with one attached hydrogen (secondary N) is 2. The molecule has 8 heteroatoms. The number of nitrogens with zero attached hydrogens (tertiary/aromatic N) is 2. The maximum Gasteiger partial charge on any atom is 0.317 e. The molecule has 2 aromatic carbocycles. The molecule has 3 heterocycles. The van der Waals surface area contributed by atoms with Crippen LogP contribution in [0.2, 0.25) is 0 Å². The molecular formula is C28H30N4O4. The number of aromatic nitrogens is 1. The van der Waals surface area contributed by atoms with Gasteiger partial charge in [0.05, 0.1) is 11.3 Å². The van der Waals surface area contributed by atoms with Gasteiger partial charge in [-0.3, -0.25) is 9.78 Å². The largest absolute Gasteiger partial charge is 0.454 e. The first-order chi connectivity index (χ1) is 17.6. The van der Waals surface area contributed by atoms with E-state index in [1.54, 1.807) is 0 Å². The summed E-state index contributed by atoms with van der Waals surface area (Å²) in [5, 5.41) is 6.02. The van der Waals surface area contributed by atoms with E-state index in [0.717, 1.165) is 41.1 Å². The zero-order valence-corrected chi connectivity index (χ0v) is 20.3. The molecule has 0 radical (unpaired) electrons. The smallest absolute Gasteiger partial charge is 0.317 e. The summed E-state index contributed by atoms with van der Waals surface area (Å²) in [4.78, 5) is 32.4. The highest BCUT2D eigenvalue weighted by Gasteiger charge is 2.28. The van der Waals surface area contributed by atoms with Crippen molar-refractivity contribution in [3.63, 3.8) is 0 Å². The first-order valence-corrected chi connectivity index (χ1v) is 12.3. The summed E-state index contributed by atoms with van der Waals surface area (Å²) in [7, 11) is 0. The average molecular weight is 487 g/mol. The Morgan fingerprint density at radius 2 is 1.67 bits per heavy atom. The molecule has 3 amide bonds. The molecule has 1 fully saturated rings. The molecule has 1 saturated heterocycles. The van der Waals surface area contributed by atoms with Gasteiger partial charge >= 0.3 is 6.03 Å². The van der Waals surface area contributed by atoms with Crippen LogP contribution in [-0.4, -0.2) is 41.7 Å². The normalized spacial score (nSPS) is 15.0. The number of hydrogen-bond donors (Lipinski definition) is 2. The van der Waals surface area contributed by atoms with E-state index < -0.39 is 0 Å². The fourth-order valence-electron chi connectivity index (χ4n) is 4.65. The molecule has 186 valence electrons. The van der Waals surface area contributed by atoms with Gasteiger partial charge in [-0.05, 0) is 55.2 Å². The van der Waals surface area contributed by atoms with Crippen molar-refractivity contribution in [1.82, 2.24) is 20.5 Å². The Hall–Kier alpha value is -4.07. The van der Waals surface area contributed by atoms with Crippen LogP contribution in [0.25, 0.3) is 0 Å². The number of amides is 3. The molecule has 0 saturated carbocycles. The monoisotopic (exact) mass is 486 g/mol. The zero-order chi connectivity index (χ0) is 24.9. The van der Waals surface area contributed by atoms with Crippen molar-refractivity contribution in [3.8, 4) is 11.5 Å². The van der Waals surface area contributed by atoms with E-state index >= 15 is 0 Å². The molecule has 5 rings (SSSR count). The van der Waals surface area contributed by atoms with E-state index in [9.17, 15) is 9.59 Å². The van der Waals surface area contributed by atoms with Gasteiger partial charge in [-0.15, -0.1) is 0 Å². The second-order valence-electron chi connectivity index (χ2n) is 9.16. The molecule has 0 spiro atoms. The summed E-state index contributed by atoms with van der Waals surface area (Å²) < 4.78 is 10.8. The molecule has 0 bridgehead atoms. The lowest BCUT2D eigenvalue weighted by Crippen LogP contribution is -2.44. The standard InChI is InChI=1S/C28H30N4O4/c1-19-7-9-23(27(33)29-17-21-8-10-24-25(15-21)36-18-35-24)26(31-19)22-11-13-32(14-12-22)28(34)30-16-20-5-3-2-4-6-20/h2-10,15,22H,11-14,16-18H2,1H3,(H,29,33)(H,30,34). The van der Waals surface area contributed by atoms with Gasteiger partial charge in [-0.2, -0.15) is 0 Å². The lowest BCUT2D eigenvalue weighted by atomic mass is 9.90. The number of likely N-dealkylation sites (tertiary alicyclic amines) is 1. The second-order valence-corrected chi connectivity index (χ2v) is 9.16. The highest BCUT2D eigenvalue weighted by atomic mass is 16.7. The lowest BCUT2D eigenvalue weighted by molar-refractivity contribution is 0.0947. The number of rotatable bonds is 6. The Labute approximate surface area is 210 Å². The number of piperidine rings is 1. The van der Waals surface area contributed by atoms with Crippen molar-refractivity contribution in [2.45, 2.75) is 38.8 Å². The van der Waals surface area contributed by atoms with Gasteiger partial charge in [0.1, 0.15) is 0 Å². The molecule has 3 aromatic rings. The number of carbonyl (C=O) groups excluding carboxylic acids is 2. The fraction of sp³-hybridized carbons (Fsp3) is 0.321. The van der Waals surface area contributed by atoms with Gasteiger partial charge in [0.15, 0.2) is 11.5 Å². The van der Waals surface area contributed by atoms with E-state index in [2.05, 4.69) is 10.6 Å². The Morgan fingerprint density at radius 1 is 0.917 bits per heavy atom. The minimum absolute atomic E-state index is 0.0591. The van der Waals surface area contributed by atoms with Crippen LogP contribution in [0.5, 0.6) is 11.5 Å². The fourth-order valence-corrected chi connectivity index (χ4v) is 4.65. The van der Waals surface area contributed by atoms with Gasteiger partial charge in [0, 0.05) is 37.8 Å². The summed E-state index contributed by atoms with van der Waals surface area (Å²) in [6, 6.07) is 19.2. The highest BCUT2D eigenvalue weighted by molar-refractivity contribution is 5.95. The molecule has 1 aromatic heterocycles. The molecule has 2 N–H and O–H groups in total. The maximum atomic E-state index is 13.1. The van der Waals surface area contributed by atoms with Crippen molar-refractivity contribution in [2.24, 2.45) is 0 Å². The Kier molecular flexibility index (Phi) is 7.02. The Balaban J connectivity index is 1.19. The number of hydrogen-bond acceptors (Lipinski definition) is 5. The zero-order valence-electron chi connectivity index (χ0n) is 20.3. The third kappa shape index (κ3) is 5.43. The van der Waals surface area contributed by atoms with Gasteiger partial charge < -0.3 is 25.0 Å².